The lowest BCUT2D eigenvalue weighted by Gasteiger charge is -2.14. The third-order valence-corrected chi connectivity index (χ3v) is 3.19. The van der Waals surface area contributed by atoms with E-state index in [0.29, 0.717) is 18.9 Å². The largest absolute Gasteiger partial charge is 0.356 e. The van der Waals surface area contributed by atoms with Gasteiger partial charge in [-0.05, 0) is 31.4 Å². The number of aryl methyl sites for hydroxylation is 1. The van der Waals surface area contributed by atoms with Crippen molar-refractivity contribution in [2.75, 3.05) is 13.1 Å². The van der Waals surface area contributed by atoms with Crippen molar-refractivity contribution in [1.29, 1.82) is 0 Å². The molecular weight excluding hydrogens is 224 g/mol. The molecule has 3 heteroatoms. The van der Waals surface area contributed by atoms with Crippen LogP contribution in [0.3, 0.4) is 0 Å². The minimum atomic E-state index is 0.0936. The second-order valence-electron chi connectivity index (χ2n) is 4.82. The zero-order valence-electron chi connectivity index (χ0n) is 11.4. The Morgan fingerprint density at radius 2 is 2.22 bits per heavy atom. The number of amides is 1. The van der Waals surface area contributed by atoms with E-state index in [2.05, 4.69) is 18.3 Å². The van der Waals surface area contributed by atoms with Gasteiger partial charge in [-0.2, -0.15) is 0 Å². The van der Waals surface area contributed by atoms with Gasteiger partial charge in [0.25, 0.3) is 0 Å². The molecule has 3 nitrogen and oxygen atoms in total. The van der Waals surface area contributed by atoms with E-state index in [4.69, 9.17) is 5.73 Å². The van der Waals surface area contributed by atoms with Gasteiger partial charge in [0.2, 0.25) is 5.91 Å². The number of nitrogens with one attached hydrogen (secondary N) is 1. The van der Waals surface area contributed by atoms with E-state index in [-0.39, 0.29) is 5.91 Å². The first-order valence-corrected chi connectivity index (χ1v) is 6.68. The SMILES string of the molecule is CCC(CCN)CNC(=O)Cc1cccc(C)c1. The molecule has 0 saturated carbocycles. The maximum absolute atomic E-state index is 11.8. The predicted octanol–water partition coefficient (Wildman–Crippen LogP) is 2.03. The zero-order valence-corrected chi connectivity index (χ0v) is 11.4. The Balaban J connectivity index is 2.37. The van der Waals surface area contributed by atoms with Crippen LogP contribution in [0.15, 0.2) is 24.3 Å². The molecule has 1 amide bonds. The minimum absolute atomic E-state index is 0.0936. The van der Waals surface area contributed by atoms with Crippen LogP contribution in [0.2, 0.25) is 0 Å². The average molecular weight is 248 g/mol. The maximum Gasteiger partial charge on any atom is 0.224 e. The summed E-state index contributed by atoms with van der Waals surface area (Å²) in [5.41, 5.74) is 7.80. The summed E-state index contributed by atoms with van der Waals surface area (Å²) in [4.78, 5) is 11.8. The summed E-state index contributed by atoms with van der Waals surface area (Å²) in [6.45, 7) is 5.59. The Morgan fingerprint density at radius 3 is 2.83 bits per heavy atom. The molecule has 1 aromatic carbocycles. The van der Waals surface area contributed by atoms with Gasteiger partial charge in [0, 0.05) is 6.54 Å². The monoisotopic (exact) mass is 248 g/mol. The van der Waals surface area contributed by atoms with Crippen LogP contribution in [-0.4, -0.2) is 19.0 Å². The van der Waals surface area contributed by atoms with Crippen molar-refractivity contribution in [2.45, 2.75) is 33.1 Å². The standard InChI is InChI=1S/C15H24N2O/c1-3-13(7-8-16)11-17-15(18)10-14-6-4-5-12(2)9-14/h4-6,9,13H,3,7-8,10-11,16H2,1-2H3,(H,17,18). The van der Waals surface area contributed by atoms with E-state index in [1.165, 1.54) is 5.56 Å². The molecule has 0 fully saturated rings. The number of hydrogen-bond donors (Lipinski definition) is 2. The van der Waals surface area contributed by atoms with Gasteiger partial charge in [0.05, 0.1) is 6.42 Å². The highest BCUT2D eigenvalue weighted by atomic mass is 16.1. The molecule has 0 radical (unpaired) electrons. The van der Waals surface area contributed by atoms with E-state index in [1.54, 1.807) is 0 Å². The second kappa shape index (κ2) is 7.88. The quantitative estimate of drug-likeness (QED) is 0.775. The molecule has 1 aromatic rings. The number of benzene rings is 1. The van der Waals surface area contributed by atoms with Gasteiger partial charge in [0.1, 0.15) is 0 Å². The van der Waals surface area contributed by atoms with Crippen molar-refractivity contribution in [1.82, 2.24) is 5.32 Å². The first-order valence-electron chi connectivity index (χ1n) is 6.68. The van der Waals surface area contributed by atoms with Gasteiger partial charge in [-0.15, -0.1) is 0 Å². The Hall–Kier alpha value is -1.35. The van der Waals surface area contributed by atoms with Crippen LogP contribution < -0.4 is 11.1 Å². The van der Waals surface area contributed by atoms with Gasteiger partial charge in [-0.25, -0.2) is 0 Å². The Morgan fingerprint density at radius 1 is 1.44 bits per heavy atom. The summed E-state index contributed by atoms with van der Waals surface area (Å²) < 4.78 is 0. The van der Waals surface area contributed by atoms with Crippen LogP contribution in [0, 0.1) is 12.8 Å². The molecule has 1 rings (SSSR count). The van der Waals surface area contributed by atoms with Crippen molar-refractivity contribution < 1.29 is 4.79 Å². The summed E-state index contributed by atoms with van der Waals surface area (Å²) in [6.07, 6.45) is 2.49. The molecule has 100 valence electrons. The molecular formula is C15H24N2O. The molecule has 0 aliphatic heterocycles. The van der Waals surface area contributed by atoms with Gasteiger partial charge in [-0.3, -0.25) is 4.79 Å². The first kappa shape index (κ1) is 14.7. The lowest BCUT2D eigenvalue weighted by atomic mass is 10.0. The second-order valence-corrected chi connectivity index (χ2v) is 4.82. The summed E-state index contributed by atoms with van der Waals surface area (Å²) in [5, 5.41) is 2.99. The van der Waals surface area contributed by atoms with Gasteiger partial charge >= 0.3 is 0 Å². The van der Waals surface area contributed by atoms with E-state index in [1.807, 2.05) is 25.1 Å². The van der Waals surface area contributed by atoms with Gasteiger partial charge < -0.3 is 11.1 Å². The van der Waals surface area contributed by atoms with Gasteiger partial charge in [0.15, 0.2) is 0 Å². The third-order valence-electron chi connectivity index (χ3n) is 3.19. The van der Waals surface area contributed by atoms with E-state index in [9.17, 15) is 4.79 Å². The van der Waals surface area contributed by atoms with Crippen molar-refractivity contribution in [3.8, 4) is 0 Å². The van der Waals surface area contributed by atoms with Crippen molar-refractivity contribution in [3.63, 3.8) is 0 Å². The molecule has 0 spiro atoms. The first-order chi connectivity index (χ1) is 8.65. The van der Waals surface area contributed by atoms with Crippen LogP contribution in [-0.2, 0) is 11.2 Å². The fraction of sp³-hybridized carbons (Fsp3) is 0.533. The van der Waals surface area contributed by atoms with Gasteiger partial charge in [-0.1, -0.05) is 43.2 Å². The highest BCUT2D eigenvalue weighted by molar-refractivity contribution is 5.78. The van der Waals surface area contributed by atoms with E-state index < -0.39 is 0 Å². The normalized spacial score (nSPS) is 12.2. The highest BCUT2D eigenvalue weighted by Crippen LogP contribution is 2.07. The molecule has 1 atom stereocenters. The number of carbonyl (C=O) groups excluding carboxylic acids is 1. The smallest absolute Gasteiger partial charge is 0.224 e. The number of nitrogens with two attached hydrogens (primary N) is 1. The summed E-state index contributed by atoms with van der Waals surface area (Å²) in [7, 11) is 0. The Labute approximate surface area is 110 Å². The molecule has 1 unspecified atom stereocenters. The Kier molecular flexibility index (Phi) is 6.44. The van der Waals surface area contributed by atoms with Crippen molar-refractivity contribution >= 4 is 5.91 Å². The molecule has 0 saturated heterocycles. The topological polar surface area (TPSA) is 55.1 Å². The predicted molar refractivity (Wildman–Crippen MR) is 75.3 cm³/mol. The lowest BCUT2D eigenvalue weighted by molar-refractivity contribution is -0.120. The molecule has 0 aliphatic carbocycles. The van der Waals surface area contributed by atoms with Crippen LogP contribution >= 0.6 is 0 Å². The molecule has 18 heavy (non-hydrogen) atoms. The summed E-state index contributed by atoms with van der Waals surface area (Å²) in [5.74, 6) is 0.590. The van der Waals surface area contributed by atoms with Crippen LogP contribution in [0.1, 0.15) is 30.9 Å². The molecule has 0 heterocycles. The fourth-order valence-electron chi connectivity index (χ4n) is 2.01. The summed E-state index contributed by atoms with van der Waals surface area (Å²) >= 11 is 0. The van der Waals surface area contributed by atoms with Crippen molar-refractivity contribution in [2.24, 2.45) is 11.7 Å². The highest BCUT2D eigenvalue weighted by Gasteiger charge is 2.08. The van der Waals surface area contributed by atoms with Crippen LogP contribution in [0.4, 0.5) is 0 Å². The number of carbonyl (C=O) groups is 1. The van der Waals surface area contributed by atoms with Crippen LogP contribution in [0.5, 0.6) is 0 Å². The number of rotatable bonds is 7. The lowest BCUT2D eigenvalue weighted by Crippen LogP contribution is -2.31. The molecule has 0 bridgehead atoms. The van der Waals surface area contributed by atoms with Crippen LogP contribution in [0.25, 0.3) is 0 Å². The van der Waals surface area contributed by atoms with E-state index >= 15 is 0 Å². The minimum Gasteiger partial charge on any atom is -0.356 e. The Bertz CT molecular complexity index is 377. The number of hydrogen-bond acceptors (Lipinski definition) is 2. The fourth-order valence-corrected chi connectivity index (χ4v) is 2.01. The average Bonchev–Trinajstić information content (AvgIpc) is 2.34. The summed E-state index contributed by atoms with van der Waals surface area (Å²) in [6, 6.07) is 8.07. The molecule has 3 N–H and O–H groups in total. The zero-order chi connectivity index (χ0) is 13.4. The molecule has 0 aliphatic rings. The third kappa shape index (κ3) is 5.32. The maximum atomic E-state index is 11.8. The molecule has 0 aromatic heterocycles. The van der Waals surface area contributed by atoms with Crippen molar-refractivity contribution in [3.05, 3.63) is 35.4 Å². The van der Waals surface area contributed by atoms with E-state index in [0.717, 1.165) is 24.9 Å².